The Bertz CT molecular complexity index is 1740. The predicted octanol–water partition coefficient (Wildman–Crippen LogP) is 6.83. The van der Waals surface area contributed by atoms with Crippen molar-refractivity contribution in [2.24, 2.45) is 0 Å². The molecule has 11 heteroatoms. The number of benzene rings is 4. The molecule has 0 saturated heterocycles. The van der Waals surface area contributed by atoms with Gasteiger partial charge in [-0.3, -0.25) is 14.9 Å². The van der Waals surface area contributed by atoms with Gasteiger partial charge in [0.1, 0.15) is 17.6 Å². The van der Waals surface area contributed by atoms with Gasteiger partial charge in [-0.2, -0.15) is 4.98 Å². The van der Waals surface area contributed by atoms with Gasteiger partial charge in [-0.25, -0.2) is 4.39 Å². The molecule has 4 aromatic carbocycles. The Kier molecular flexibility index (Phi) is 7.75. The first kappa shape index (κ1) is 27.5. The van der Waals surface area contributed by atoms with E-state index < -0.39 is 22.7 Å². The number of phenols is 1. The zero-order valence-electron chi connectivity index (χ0n) is 21.5. The summed E-state index contributed by atoms with van der Waals surface area (Å²) in [7, 11) is 0. The normalized spacial score (nSPS) is 11.7. The van der Waals surface area contributed by atoms with Crippen LogP contribution in [0.25, 0.3) is 22.3 Å². The largest absolute Gasteiger partial charge is 0.507 e. The number of aromatic hydroxyl groups is 1. The van der Waals surface area contributed by atoms with Crippen molar-refractivity contribution in [2.45, 2.75) is 19.4 Å². The molecule has 0 aliphatic rings. The quantitative estimate of drug-likeness (QED) is 0.154. The molecule has 0 spiro atoms. The van der Waals surface area contributed by atoms with Gasteiger partial charge >= 0.3 is 0 Å². The number of hydrogen-bond donors (Lipinski definition) is 2. The molecule has 206 valence electrons. The molecule has 5 aromatic rings. The number of halogens is 2. The fourth-order valence-corrected chi connectivity index (χ4v) is 4.49. The van der Waals surface area contributed by atoms with Crippen LogP contribution in [-0.2, 0) is 6.42 Å². The Morgan fingerprint density at radius 3 is 2.22 bits per heavy atom. The number of carbonyl (C=O) groups excluding carboxylic acids is 1. The molecule has 0 unspecified atom stereocenters. The molecular formula is C30H22ClFN4O5. The number of non-ortho nitro benzene ring substituents is 1. The maximum Gasteiger partial charge on any atom is 0.269 e. The maximum absolute atomic E-state index is 13.6. The topological polar surface area (TPSA) is 131 Å². The third-order valence-electron chi connectivity index (χ3n) is 6.45. The molecule has 1 amide bonds. The fourth-order valence-electron chi connectivity index (χ4n) is 4.31. The van der Waals surface area contributed by atoms with Crippen LogP contribution in [0.15, 0.2) is 89.5 Å². The summed E-state index contributed by atoms with van der Waals surface area (Å²) in [6.45, 7) is 1.66. The lowest BCUT2D eigenvalue weighted by molar-refractivity contribution is -0.384. The van der Waals surface area contributed by atoms with E-state index >= 15 is 0 Å². The van der Waals surface area contributed by atoms with E-state index in [1.54, 1.807) is 37.3 Å². The Labute approximate surface area is 238 Å². The number of nitrogens with one attached hydrogen (secondary N) is 1. The van der Waals surface area contributed by atoms with E-state index in [0.29, 0.717) is 23.4 Å². The third-order valence-corrected chi connectivity index (χ3v) is 6.74. The first-order valence-corrected chi connectivity index (χ1v) is 12.8. The van der Waals surface area contributed by atoms with E-state index in [4.69, 9.17) is 16.1 Å². The molecule has 1 heterocycles. The Balaban J connectivity index is 1.38. The van der Waals surface area contributed by atoms with E-state index in [1.807, 2.05) is 24.3 Å². The second-order valence-corrected chi connectivity index (χ2v) is 9.68. The van der Waals surface area contributed by atoms with Gasteiger partial charge in [-0.1, -0.05) is 53.2 Å². The van der Waals surface area contributed by atoms with E-state index in [1.165, 1.54) is 30.3 Å². The van der Waals surface area contributed by atoms with Crippen LogP contribution in [0.2, 0.25) is 5.02 Å². The fraction of sp³-hybridized carbons (Fsp3) is 0.100. The van der Waals surface area contributed by atoms with Crippen molar-refractivity contribution in [1.29, 1.82) is 0 Å². The van der Waals surface area contributed by atoms with Gasteiger partial charge in [-0.15, -0.1) is 0 Å². The molecule has 0 bridgehead atoms. The van der Waals surface area contributed by atoms with Crippen LogP contribution in [0.5, 0.6) is 5.75 Å². The van der Waals surface area contributed by atoms with Gasteiger partial charge in [0, 0.05) is 18.6 Å². The lowest BCUT2D eigenvalue weighted by Crippen LogP contribution is -2.30. The summed E-state index contributed by atoms with van der Waals surface area (Å²) >= 11 is 5.93. The number of nitrogens with zero attached hydrogens (tertiary/aromatic N) is 3. The summed E-state index contributed by atoms with van der Waals surface area (Å²) in [5.41, 5.74) is 3.60. The maximum atomic E-state index is 13.6. The number of aryl methyl sites for hydroxylation is 1. The van der Waals surface area contributed by atoms with Crippen LogP contribution in [0.1, 0.15) is 33.7 Å². The summed E-state index contributed by atoms with van der Waals surface area (Å²) in [4.78, 5) is 28.1. The van der Waals surface area contributed by atoms with Crippen molar-refractivity contribution < 1.29 is 23.7 Å². The molecule has 1 atom stereocenters. The average Bonchev–Trinajstić information content (AvgIpc) is 3.41. The zero-order chi connectivity index (χ0) is 29.1. The van der Waals surface area contributed by atoms with Crippen molar-refractivity contribution in [1.82, 2.24) is 15.5 Å². The van der Waals surface area contributed by atoms with Gasteiger partial charge in [0.15, 0.2) is 5.82 Å². The summed E-state index contributed by atoms with van der Waals surface area (Å²) in [5.74, 6) is -0.729. The number of phenolic OH excluding ortho intramolecular Hbond substituents is 1. The second kappa shape index (κ2) is 11.6. The van der Waals surface area contributed by atoms with Crippen LogP contribution in [0.3, 0.4) is 0 Å². The Morgan fingerprint density at radius 1 is 1.00 bits per heavy atom. The molecule has 0 aliphatic heterocycles. The summed E-state index contributed by atoms with van der Waals surface area (Å²) in [6.07, 6.45) is 0.292. The minimum absolute atomic E-state index is 0.00521. The van der Waals surface area contributed by atoms with Crippen LogP contribution in [-0.4, -0.2) is 26.1 Å². The molecule has 0 radical (unpaired) electrons. The van der Waals surface area contributed by atoms with Crippen molar-refractivity contribution in [3.05, 3.63) is 129 Å². The molecule has 0 aliphatic carbocycles. The lowest BCUT2D eigenvalue weighted by Gasteiger charge is -2.17. The molecule has 9 nitrogen and oxygen atoms in total. The average molecular weight is 573 g/mol. The lowest BCUT2D eigenvalue weighted by atomic mass is 9.99. The number of rotatable bonds is 8. The van der Waals surface area contributed by atoms with Crippen LogP contribution < -0.4 is 5.32 Å². The summed E-state index contributed by atoms with van der Waals surface area (Å²) in [6, 6.07) is 21.6. The molecule has 5 rings (SSSR count). The zero-order valence-corrected chi connectivity index (χ0v) is 22.3. The summed E-state index contributed by atoms with van der Waals surface area (Å²) in [5, 5.41) is 28.2. The minimum atomic E-state index is -0.725. The molecule has 2 N–H and O–H groups in total. The SMILES string of the molecule is Cc1noc([C@@H](Cc2ccc(-c3ccc(F)c(Cl)c3)cc2)NC(=O)c2cc(-c3ccc([N+](=O)[O-])cc3)ccc2O)n1. The highest BCUT2D eigenvalue weighted by Gasteiger charge is 2.24. The highest BCUT2D eigenvalue weighted by molar-refractivity contribution is 6.31. The highest BCUT2D eigenvalue weighted by Crippen LogP contribution is 2.29. The Morgan fingerprint density at radius 2 is 1.61 bits per heavy atom. The van der Waals surface area contributed by atoms with Crippen molar-refractivity contribution in [3.63, 3.8) is 0 Å². The monoisotopic (exact) mass is 572 g/mol. The van der Waals surface area contributed by atoms with Gasteiger partial charge in [-0.05, 0) is 71.1 Å². The van der Waals surface area contributed by atoms with Gasteiger partial charge in [0.2, 0.25) is 5.89 Å². The van der Waals surface area contributed by atoms with E-state index in [0.717, 1.165) is 16.7 Å². The van der Waals surface area contributed by atoms with E-state index in [2.05, 4.69) is 15.5 Å². The number of amides is 1. The molecule has 41 heavy (non-hydrogen) atoms. The predicted molar refractivity (Wildman–Crippen MR) is 150 cm³/mol. The molecule has 0 fully saturated rings. The first-order valence-electron chi connectivity index (χ1n) is 12.4. The van der Waals surface area contributed by atoms with Crippen LogP contribution in [0, 0.1) is 22.9 Å². The first-order chi connectivity index (χ1) is 19.7. The number of aromatic nitrogens is 2. The Hall–Kier alpha value is -5.09. The van der Waals surface area contributed by atoms with Crippen LogP contribution in [0.4, 0.5) is 10.1 Å². The smallest absolute Gasteiger partial charge is 0.269 e. The summed E-state index contributed by atoms with van der Waals surface area (Å²) < 4.78 is 18.9. The second-order valence-electron chi connectivity index (χ2n) is 9.27. The van der Waals surface area contributed by atoms with Crippen molar-refractivity contribution in [3.8, 4) is 28.0 Å². The molecule has 1 aromatic heterocycles. The van der Waals surface area contributed by atoms with E-state index in [9.17, 15) is 24.4 Å². The van der Waals surface area contributed by atoms with Gasteiger partial charge in [0.25, 0.3) is 11.6 Å². The number of hydrogen-bond acceptors (Lipinski definition) is 7. The van der Waals surface area contributed by atoms with E-state index in [-0.39, 0.29) is 27.9 Å². The van der Waals surface area contributed by atoms with Crippen molar-refractivity contribution >= 4 is 23.2 Å². The van der Waals surface area contributed by atoms with Crippen LogP contribution >= 0.6 is 11.6 Å². The van der Waals surface area contributed by atoms with Gasteiger partial charge in [0.05, 0.1) is 15.5 Å². The standard InChI is InChI=1S/C30H22ClFN4O5/c1-17-33-30(41-35-17)27(14-18-2-4-19(5-3-18)22-8-12-26(32)25(31)16-22)34-29(38)24-15-21(9-13-28(24)37)20-6-10-23(11-7-20)36(39)40/h2-13,15-16,27,37H,14H2,1H3,(H,34,38)/t27-/m1/s1. The molecule has 0 saturated carbocycles. The number of nitro groups is 1. The molecular weight excluding hydrogens is 551 g/mol. The number of nitro benzene ring substituents is 1. The van der Waals surface area contributed by atoms with Crippen molar-refractivity contribution in [2.75, 3.05) is 0 Å². The van der Waals surface area contributed by atoms with Gasteiger partial charge < -0.3 is 14.9 Å². The third kappa shape index (κ3) is 6.23. The number of carbonyl (C=O) groups is 1. The highest BCUT2D eigenvalue weighted by atomic mass is 35.5. The minimum Gasteiger partial charge on any atom is -0.507 e.